The molecule has 0 saturated carbocycles. The Balaban J connectivity index is 1.58. The van der Waals surface area contributed by atoms with E-state index in [2.05, 4.69) is 30.5 Å². The number of anilines is 1. The lowest BCUT2D eigenvalue weighted by atomic mass is 10.1. The predicted octanol–water partition coefficient (Wildman–Crippen LogP) is 1.53. The number of rotatable bonds is 3. The van der Waals surface area contributed by atoms with E-state index in [0.717, 1.165) is 62.9 Å². The molecule has 1 fully saturated rings. The minimum Gasteiger partial charge on any atom is -0.366 e. The molecule has 2 aliphatic heterocycles. The van der Waals surface area contributed by atoms with E-state index in [9.17, 15) is 0 Å². The van der Waals surface area contributed by atoms with Crippen molar-refractivity contribution in [3.05, 3.63) is 17.0 Å². The van der Waals surface area contributed by atoms with Gasteiger partial charge in [-0.05, 0) is 19.3 Å². The van der Waals surface area contributed by atoms with Gasteiger partial charge in [0.05, 0.1) is 12.2 Å². The average Bonchev–Trinajstić information content (AvgIpc) is 3.04. The lowest BCUT2D eigenvalue weighted by Crippen LogP contribution is -2.46. The molecular weight excluding hydrogens is 288 g/mol. The van der Waals surface area contributed by atoms with Crippen molar-refractivity contribution in [2.75, 3.05) is 31.5 Å². The highest BCUT2D eigenvalue weighted by atomic mass is 35.5. The molecule has 0 amide bonds. The van der Waals surface area contributed by atoms with Crippen LogP contribution in [0, 0.1) is 0 Å². The first-order chi connectivity index (χ1) is 10.3. The van der Waals surface area contributed by atoms with Gasteiger partial charge in [0, 0.05) is 25.7 Å². The van der Waals surface area contributed by atoms with Gasteiger partial charge in [-0.2, -0.15) is 0 Å². The van der Waals surface area contributed by atoms with E-state index in [4.69, 9.17) is 11.6 Å². The molecule has 0 aromatic carbocycles. The minimum absolute atomic E-state index is 0.403. The van der Waals surface area contributed by atoms with E-state index >= 15 is 0 Å². The summed E-state index contributed by atoms with van der Waals surface area (Å²) in [5.41, 5.74) is 0.899. The summed E-state index contributed by atoms with van der Waals surface area (Å²) in [5.74, 6) is 1.82. The molecule has 3 heterocycles. The van der Waals surface area contributed by atoms with Crippen LogP contribution >= 0.6 is 11.6 Å². The van der Waals surface area contributed by atoms with Gasteiger partial charge >= 0.3 is 0 Å². The van der Waals surface area contributed by atoms with E-state index in [1.54, 1.807) is 6.33 Å². The third kappa shape index (κ3) is 3.20. The zero-order chi connectivity index (χ0) is 14.7. The smallest absolute Gasteiger partial charge is 0.194 e. The Morgan fingerprint density at radius 1 is 1.38 bits per heavy atom. The molecule has 1 aromatic heterocycles. The minimum atomic E-state index is 0.403. The largest absolute Gasteiger partial charge is 0.366 e. The highest BCUT2D eigenvalue weighted by molar-refractivity contribution is 6.33. The van der Waals surface area contributed by atoms with Gasteiger partial charge < -0.3 is 15.5 Å². The standard InChI is InChI=1S/C14H21ClN6/c1-2-11-12(15)13(19-9-18-11)20-10-3-7-21(8-4-10)14-16-5-6-17-14/h9-10H,2-8H2,1H3,(H,16,17)(H,18,19,20). The van der Waals surface area contributed by atoms with Gasteiger partial charge in [-0.15, -0.1) is 0 Å². The zero-order valence-electron chi connectivity index (χ0n) is 12.3. The summed E-state index contributed by atoms with van der Waals surface area (Å²) in [6.45, 7) is 5.92. The van der Waals surface area contributed by atoms with Crippen molar-refractivity contribution in [1.29, 1.82) is 0 Å². The van der Waals surface area contributed by atoms with E-state index in [1.165, 1.54) is 0 Å². The van der Waals surface area contributed by atoms with Gasteiger partial charge in [-0.1, -0.05) is 18.5 Å². The van der Waals surface area contributed by atoms with E-state index in [0.29, 0.717) is 11.1 Å². The fraction of sp³-hybridized carbons (Fsp3) is 0.643. The summed E-state index contributed by atoms with van der Waals surface area (Å²) < 4.78 is 0. The second-order valence-corrected chi connectivity index (χ2v) is 5.75. The first-order valence-corrected chi connectivity index (χ1v) is 7.95. The van der Waals surface area contributed by atoms with Crippen molar-refractivity contribution in [1.82, 2.24) is 20.2 Å². The maximum absolute atomic E-state index is 6.33. The average molecular weight is 309 g/mol. The van der Waals surface area contributed by atoms with Gasteiger partial charge in [0.25, 0.3) is 0 Å². The van der Waals surface area contributed by atoms with Crippen LogP contribution in [-0.2, 0) is 6.42 Å². The molecule has 0 radical (unpaired) electrons. The number of guanidine groups is 1. The summed E-state index contributed by atoms with van der Waals surface area (Å²) in [4.78, 5) is 15.3. The number of hydrogen-bond donors (Lipinski definition) is 2. The molecule has 3 rings (SSSR count). The number of nitrogens with one attached hydrogen (secondary N) is 2. The summed E-state index contributed by atoms with van der Waals surface area (Å²) >= 11 is 6.33. The predicted molar refractivity (Wildman–Crippen MR) is 84.9 cm³/mol. The Labute approximate surface area is 130 Å². The van der Waals surface area contributed by atoms with Crippen LogP contribution in [-0.4, -0.2) is 53.0 Å². The van der Waals surface area contributed by atoms with Crippen LogP contribution in [0.3, 0.4) is 0 Å². The molecule has 0 spiro atoms. The molecule has 2 N–H and O–H groups in total. The third-order valence-corrected chi connectivity index (χ3v) is 4.39. The Kier molecular flexibility index (Phi) is 4.43. The van der Waals surface area contributed by atoms with Crippen LogP contribution < -0.4 is 10.6 Å². The Morgan fingerprint density at radius 3 is 2.86 bits per heavy atom. The summed E-state index contributed by atoms with van der Waals surface area (Å²) in [5, 5.41) is 7.45. The van der Waals surface area contributed by atoms with Crippen molar-refractivity contribution in [3.8, 4) is 0 Å². The molecule has 21 heavy (non-hydrogen) atoms. The molecule has 0 aliphatic carbocycles. The van der Waals surface area contributed by atoms with Crippen molar-refractivity contribution in [2.24, 2.45) is 4.99 Å². The first kappa shape index (κ1) is 14.4. The summed E-state index contributed by atoms with van der Waals surface area (Å²) in [7, 11) is 0. The molecule has 2 aliphatic rings. The summed E-state index contributed by atoms with van der Waals surface area (Å²) in [6, 6.07) is 0.403. The Hall–Kier alpha value is -1.56. The quantitative estimate of drug-likeness (QED) is 0.886. The van der Waals surface area contributed by atoms with Gasteiger partial charge in [0.1, 0.15) is 17.2 Å². The normalized spacial score (nSPS) is 19.3. The third-order valence-electron chi connectivity index (χ3n) is 3.99. The second kappa shape index (κ2) is 6.47. The van der Waals surface area contributed by atoms with Gasteiger partial charge in [-0.25, -0.2) is 9.97 Å². The summed E-state index contributed by atoms with van der Waals surface area (Å²) in [6.07, 6.45) is 4.52. The number of likely N-dealkylation sites (tertiary alicyclic amines) is 1. The maximum atomic E-state index is 6.33. The number of aromatic nitrogens is 2. The van der Waals surface area contributed by atoms with E-state index < -0.39 is 0 Å². The van der Waals surface area contributed by atoms with Crippen LogP contribution in [0.5, 0.6) is 0 Å². The Bertz CT molecular complexity index is 524. The first-order valence-electron chi connectivity index (χ1n) is 7.57. The van der Waals surface area contributed by atoms with E-state index in [1.807, 2.05) is 6.92 Å². The molecule has 114 valence electrons. The van der Waals surface area contributed by atoms with Gasteiger partial charge in [0.15, 0.2) is 5.96 Å². The molecular formula is C14H21ClN6. The molecule has 0 unspecified atom stereocenters. The topological polar surface area (TPSA) is 65.4 Å². The number of aliphatic imine (C=N–C) groups is 1. The fourth-order valence-electron chi connectivity index (χ4n) is 2.78. The lowest BCUT2D eigenvalue weighted by molar-refractivity contribution is 0.317. The van der Waals surface area contributed by atoms with Crippen molar-refractivity contribution in [3.63, 3.8) is 0 Å². The van der Waals surface area contributed by atoms with Crippen LogP contribution in [0.25, 0.3) is 0 Å². The molecule has 1 aromatic rings. The van der Waals surface area contributed by atoms with Gasteiger partial charge in [0.2, 0.25) is 0 Å². The number of piperidine rings is 1. The SMILES string of the molecule is CCc1ncnc(NC2CCN(C3=NCCN3)CC2)c1Cl. The monoisotopic (exact) mass is 308 g/mol. The number of nitrogens with zero attached hydrogens (tertiary/aromatic N) is 4. The zero-order valence-corrected chi connectivity index (χ0v) is 13.0. The molecule has 1 saturated heterocycles. The highest BCUT2D eigenvalue weighted by Gasteiger charge is 2.23. The van der Waals surface area contributed by atoms with Gasteiger partial charge in [-0.3, -0.25) is 4.99 Å². The number of aryl methyl sites for hydroxylation is 1. The maximum Gasteiger partial charge on any atom is 0.194 e. The number of hydrogen-bond acceptors (Lipinski definition) is 6. The lowest BCUT2D eigenvalue weighted by Gasteiger charge is -2.33. The fourth-order valence-corrected chi connectivity index (χ4v) is 3.07. The van der Waals surface area contributed by atoms with E-state index in [-0.39, 0.29) is 0 Å². The van der Waals surface area contributed by atoms with Crippen LogP contribution in [0.1, 0.15) is 25.5 Å². The van der Waals surface area contributed by atoms with Crippen molar-refractivity contribution in [2.45, 2.75) is 32.2 Å². The van der Waals surface area contributed by atoms with Crippen LogP contribution in [0.2, 0.25) is 5.02 Å². The van der Waals surface area contributed by atoms with Crippen molar-refractivity contribution >= 4 is 23.4 Å². The number of halogens is 1. The van der Waals surface area contributed by atoms with Crippen LogP contribution in [0.15, 0.2) is 11.3 Å². The molecule has 7 heteroatoms. The second-order valence-electron chi connectivity index (χ2n) is 5.37. The van der Waals surface area contributed by atoms with Crippen molar-refractivity contribution < 1.29 is 0 Å². The Morgan fingerprint density at radius 2 is 2.19 bits per heavy atom. The molecule has 6 nitrogen and oxygen atoms in total. The molecule has 0 atom stereocenters. The highest BCUT2D eigenvalue weighted by Crippen LogP contribution is 2.24. The van der Waals surface area contributed by atoms with Crippen LogP contribution in [0.4, 0.5) is 5.82 Å². The molecule has 0 bridgehead atoms.